The molecule has 0 atom stereocenters. The summed E-state index contributed by atoms with van der Waals surface area (Å²) in [7, 11) is 0. The average molecular weight is 314 g/mol. The van der Waals surface area contributed by atoms with Crippen molar-refractivity contribution < 1.29 is 36.2 Å². The van der Waals surface area contributed by atoms with Crippen molar-refractivity contribution in [3.05, 3.63) is 22.9 Å². The normalized spacial score (nSPS) is 11.6. The smallest absolute Gasteiger partial charge is 0.462 e. The van der Waals surface area contributed by atoms with E-state index in [1.807, 2.05) is 0 Å². The first-order chi connectivity index (χ1) is 9.71. The summed E-state index contributed by atoms with van der Waals surface area (Å²) in [5.41, 5.74) is 3.01. The van der Waals surface area contributed by atoms with Crippen LogP contribution < -0.4 is 10.5 Å². The fourth-order valence-corrected chi connectivity index (χ4v) is 1.55. The number of hydrogen-bond acceptors (Lipinski definition) is 5. The lowest BCUT2D eigenvalue weighted by atomic mass is 10.0. The van der Waals surface area contributed by atoms with Crippen molar-refractivity contribution in [2.45, 2.75) is 26.3 Å². The van der Waals surface area contributed by atoms with Crippen LogP contribution in [-0.4, -0.2) is 23.9 Å². The van der Waals surface area contributed by atoms with Gasteiger partial charge in [0.15, 0.2) is 0 Å². The molecule has 10 heteroatoms. The first-order valence-corrected chi connectivity index (χ1v) is 5.64. The summed E-state index contributed by atoms with van der Waals surface area (Å²) in [5.74, 6) is -2.28. The quantitative estimate of drug-likeness (QED) is 0.668. The Balaban J connectivity index is 3.45. The Bertz CT molecular complexity index is 519. The zero-order chi connectivity index (χ0) is 16.2. The molecule has 0 aliphatic heterocycles. The number of nitrogens with two attached hydrogens (primary N) is 1. The van der Waals surface area contributed by atoms with Gasteiger partial charge in [-0.1, -0.05) is 0 Å². The molecule has 2 N–H and O–H groups in total. The maximum atomic E-state index is 12.9. The predicted molar refractivity (Wildman–Crippen MR) is 59.7 cm³/mol. The van der Waals surface area contributed by atoms with E-state index in [0.29, 0.717) is 6.20 Å². The van der Waals surface area contributed by atoms with Crippen molar-refractivity contribution in [2.24, 2.45) is 5.73 Å². The standard InChI is InChI=1S/C11H11F5N2O3/c1-2-20-10(19)7-5(3-17)9(21-11(14,15)16)18-4-6(7)8(12)13/h4,8H,2-3,17H2,1H3. The summed E-state index contributed by atoms with van der Waals surface area (Å²) in [6, 6.07) is 0. The Morgan fingerprint density at radius 1 is 1.43 bits per heavy atom. The summed E-state index contributed by atoms with van der Waals surface area (Å²) in [5, 5.41) is 0. The van der Waals surface area contributed by atoms with Crippen LogP contribution in [0.5, 0.6) is 5.88 Å². The van der Waals surface area contributed by atoms with E-state index in [1.165, 1.54) is 6.92 Å². The second kappa shape index (κ2) is 6.66. The minimum Gasteiger partial charge on any atom is -0.462 e. The van der Waals surface area contributed by atoms with Gasteiger partial charge in [-0.3, -0.25) is 0 Å². The van der Waals surface area contributed by atoms with Crippen LogP contribution in [0.2, 0.25) is 0 Å². The van der Waals surface area contributed by atoms with Gasteiger partial charge in [-0.15, -0.1) is 13.2 Å². The number of carbonyl (C=O) groups is 1. The van der Waals surface area contributed by atoms with Gasteiger partial charge in [0.2, 0.25) is 5.88 Å². The van der Waals surface area contributed by atoms with Gasteiger partial charge >= 0.3 is 12.3 Å². The monoisotopic (exact) mass is 314 g/mol. The summed E-state index contributed by atoms with van der Waals surface area (Å²) in [6.45, 7) is 0.604. The molecule has 0 amide bonds. The van der Waals surface area contributed by atoms with Crippen LogP contribution in [0, 0.1) is 0 Å². The highest BCUT2D eigenvalue weighted by Gasteiger charge is 2.35. The molecule has 1 aromatic heterocycles. The van der Waals surface area contributed by atoms with E-state index < -0.39 is 47.9 Å². The third-order valence-electron chi connectivity index (χ3n) is 2.30. The van der Waals surface area contributed by atoms with Gasteiger partial charge in [-0.2, -0.15) is 0 Å². The van der Waals surface area contributed by atoms with E-state index in [0.717, 1.165) is 0 Å². The van der Waals surface area contributed by atoms with Crippen LogP contribution in [0.1, 0.15) is 34.8 Å². The molecular formula is C11H11F5N2O3. The van der Waals surface area contributed by atoms with E-state index in [1.54, 1.807) is 0 Å². The highest BCUT2D eigenvalue weighted by molar-refractivity contribution is 5.93. The fraction of sp³-hybridized carbons (Fsp3) is 0.455. The topological polar surface area (TPSA) is 74.4 Å². The van der Waals surface area contributed by atoms with Gasteiger partial charge in [0.1, 0.15) is 0 Å². The number of aromatic nitrogens is 1. The number of halogens is 5. The molecule has 1 heterocycles. The second-order valence-corrected chi connectivity index (χ2v) is 3.65. The highest BCUT2D eigenvalue weighted by atomic mass is 19.4. The molecule has 0 aliphatic carbocycles. The Hall–Kier alpha value is -1.97. The molecule has 0 spiro atoms. The molecule has 1 aromatic rings. The molecule has 0 unspecified atom stereocenters. The van der Waals surface area contributed by atoms with Crippen molar-refractivity contribution in [1.29, 1.82) is 0 Å². The maximum absolute atomic E-state index is 12.9. The van der Waals surface area contributed by atoms with Crippen LogP contribution in [0.15, 0.2) is 6.20 Å². The van der Waals surface area contributed by atoms with Gasteiger partial charge in [0, 0.05) is 18.3 Å². The van der Waals surface area contributed by atoms with Crippen LogP contribution in [0.25, 0.3) is 0 Å². The van der Waals surface area contributed by atoms with Crippen molar-refractivity contribution in [2.75, 3.05) is 6.61 Å². The summed E-state index contributed by atoms with van der Waals surface area (Å²) in [6.07, 6.45) is -7.81. The van der Waals surface area contributed by atoms with Crippen LogP contribution in [0.3, 0.4) is 0 Å². The van der Waals surface area contributed by atoms with Crippen molar-refractivity contribution in [3.8, 4) is 5.88 Å². The lowest BCUT2D eigenvalue weighted by molar-refractivity contribution is -0.276. The molecule has 1 rings (SSSR count). The number of esters is 1. The Morgan fingerprint density at radius 2 is 2.05 bits per heavy atom. The number of ether oxygens (including phenoxy) is 2. The van der Waals surface area contributed by atoms with Gasteiger partial charge in [-0.25, -0.2) is 18.6 Å². The maximum Gasteiger partial charge on any atom is 0.574 e. The lowest BCUT2D eigenvalue weighted by Gasteiger charge is -2.16. The van der Waals surface area contributed by atoms with Crippen LogP contribution >= 0.6 is 0 Å². The first-order valence-electron chi connectivity index (χ1n) is 5.64. The average Bonchev–Trinajstić information content (AvgIpc) is 2.36. The number of carbonyl (C=O) groups excluding carboxylic acids is 1. The number of alkyl halides is 5. The SMILES string of the molecule is CCOC(=O)c1c(C(F)F)cnc(OC(F)(F)F)c1CN. The van der Waals surface area contributed by atoms with Crippen LogP contribution in [-0.2, 0) is 11.3 Å². The molecule has 0 bridgehead atoms. The van der Waals surface area contributed by atoms with Crippen molar-refractivity contribution in [1.82, 2.24) is 4.98 Å². The first kappa shape index (κ1) is 17.1. The van der Waals surface area contributed by atoms with E-state index in [-0.39, 0.29) is 6.61 Å². The summed E-state index contributed by atoms with van der Waals surface area (Å²) in [4.78, 5) is 14.8. The summed E-state index contributed by atoms with van der Waals surface area (Å²) < 4.78 is 70.6. The van der Waals surface area contributed by atoms with Gasteiger partial charge in [0.25, 0.3) is 6.43 Å². The Labute approximate surface area is 115 Å². The highest BCUT2D eigenvalue weighted by Crippen LogP contribution is 2.32. The van der Waals surface area contributed by atoms with E-state index >= 15 is 0 Å². The second-order valence-electron chi connectivity index (χ2n) is 3.65. The largest absolute Gasteiger partial charge is 0.574 e. The van der Waals surface area contributed by atoms with Gasteiger partial charge < -0.3 is 15.2 Å². The molecule has 5 nitrogen and oxygen atoms in total. The number of pyridine rings is 1. The third-order valence-corrected chi connectivity index (χ3v) is 2.30. The lowest BCUT2D eigenvalue weighted by Crippen LogP contribution is -2.22. The zero-order valence-corrected chi connectivity index (χ0v) is 10.7. The fourth-order valence-electron chi connectivity index (χ4n) is 1.55. The van der Waals surface area contributed by atoms with Gasteiger partial charge in [-0.05, 0) is 6.92 Å². The minimum atomic E-state index is -5.10. The molecule has 0 aromatic carbocycles. The molecule has 118 valence electrons. The third kappa shape index (κ3) is 4.25. The Kier molecular flexibility index (Phi) is 5.41. The Morgan fingerprint density at radius 3 is 2.48 bits per heavy atom. The molecule has 21 heavy (non-hydrogen) atoms. The molecule has 0 fully saturated rings. The van der Waals surface area contributed by atoms with E-state index in [4.69, 9.17) is 5.73 Å². The minimum absolute atomic E-state index is 0.149. The predicted octanol–water partition coefficient (Wildman–Crippen LogP) is 2.55. The molecule has 0 aliphatic rings. The molecule has 0 radical (unpaired) electrons. The van der Waals surface area contributed by atoms with E-state index in [9.17, 15) is 26.7 Å². The summed E-state index contributed by atoms with van der Waals surface area (Å²) >= 11 is 0. The van der Waals surface area contributed by atoms with E-state index in [2.05, 4.69) is 14.5 Å². The number of nitrogens with zero attached hydrogens (tertiary/aromatic N) is 1. The number of hydrogen-bond donors (Lipinski definition) is 1. The molecule has 0 saturated heterocycles. The zero-order valence-electron chi connectivity index (χ0n) is 10.7. The van der Waals surface area contributed by atoms with Crippen molar-refractivity contribution >= 4 is 5.97 Å². The number of rotatable bonds is 5. The molecule has 0 saturated carbocycles. The van der Waals surface area contributed by atoms with Crippen LogP contribution in [0.4, 0.5) is 22.0 Å². The van der Waals surface area contributed by atoms with Crippen molar-refractivity contribution in [3.63, 3.8) is 0 Å². The molecular weight excluding hydrogens is 303 g/mol. The van der Waals surface area contributed by atoms with Gasteiger partial charge in [0.05, 0.1) is 17.7 Å².